The summed E-state index contributed by atoms with van der Waals surface area (Å²) in [5.41, 5.74) is 2.85. The minimum Gasteiger partial charge on any atom is -0.316 e. The highest BCUT2D eigenvalue weighted by molar-refractivity contribution is 5.25. The lowest BCUT2D eigenvalue weighted by atomic mass is 9.99. The van der Waals surface area contributed by atoms with Gasteiger partial charge in [-0.25, -0.2) is 0 Å². The summed E-state index contributed by atoms with van der Waals surface area (Å²) in [5.74, 6) is 1.30. The highest BCUT2D eigenvalue weighted by atomic mass is 15.1. The molecule has 0 aliphatic carbocycles. The van der Waals surface area contributed by atoms with Crippen molar-refractivity contribution in [1.29, 1.82) is 0 Å². The summed E-state index contributed by atoms with van der Waals surface area (Å²) < 4.78 is 0. The number of hydrogen-bond donors (Lipinski definition) is 1. The third-order valence-corrected chi connectivity index (χ3v) is 3.90. The molecule has 1 aromatic carbocycles. The van der Waals surface area contributed by atoms with Crippen molar-refractivity contribution >= 4 is 0 Å². The van der Waals surface area contributed by atoms with E-state index in [-0.39, 0.29) is 0 Å². The zero-order chi connectivity index (χ0) is 15.7. The number of rotatable bonds is 10. The zero-order valence-electron chi connectivity index (χ0n) is 14.7. The molecule has 1 unspecified atom stereocenters. The summed E-state index contributed by atoms with van der Waals surface area (Å²) in [6, 6.07) is 9.17. The first kappa shape index (κ1) is 18.2. The molecule has 0 bridgehead atoms. The fourth-order valence-electron chi connectivity index (χ4n) is 2.48. The van der Waals surface area contributed by atoms with Crippen molar-refractivity contribution in [3.05, 3.63) is 35.4 Å². The molecule has 1 atom stereocenters. The molecule has 21 heavy (non-hydrogen) atoms. The molecule has 0 fully saturated rings. The zero-order valence-corrected chi connectivity index (χ0v) is 14.7. The van der Waals surface area contributed by atoms with E-state index in [0.717, 1.165) is 25.6 Å². The summed E-state index contributed by atoms with van der Waals surface area (Å²) >= 11 is 0. The fraction of sp³-hybridized carbons (Fsp3) is 0.684. The molecular weight excluding hydrogens is 256 g/mol. The Balaban J connectivity index is 2.41. The predicted octanol–water partition coefficient (Wildman–Crippen LogP) is 4.27. The van der Waals surface area contributed by atoms with Gasteiger partial charge in [0.2, 0.25) is 0 Å². The molecular formula is C19H34N2. The van der Waals surface area contributed by atoms with E-state index >= 15 is 0 Å². The van der Waals surface area contributed by atoms with Gasteiger partial charge in [0.15, 0.2) is 0 Å². The highest BCUT2D eigenvalue weighted by Gasteiger charge is 2.06. The van der Waals surface area contributed by atoms with Crippen LogP contribution in [0.3, 0.4) is 0 Å². The van der Waals surface area contributed by atoms with Gasteiger partial charge in [0.25, 0.3) is 0 Å². The number of benzene rings is 1. The second-order valence-corrected chi connectivity index (χ2v) is 6.79. The SMILES string of the molecule is CCCCN(C)Cc1ccc(C(C)CNCC(C)C)cc1. The van der Waals surface area contributed by atoms with E-state index in [1.807, 2.05) is 0 Å². The molecule has 0 aliphatic rings. The molecule has 120 valence electrons. The minimum absolute atomic E-state index is 0.579. The maximum Gasteiger partial charge on any atom is 0.0230 e. The Morgan fingerprint density at radius 1 is 1.05 bits per heavy atom. The second kappa shape index (κ2) is 9.97. The highest BCUT2D eigenvalue weighted by Crippen LogP contribution is 2.16. The van der Waals surface area contributed by atoms with Crippen LogP contribution in [0.5, 0.6) is 0 Å². The first-order valence-corrected chi connectivity index (χ1v) is 8.51. The summed E-state index contributed by atoms with van der Waals surface area (Å²) in [7, 11) is 2.21. The van der Waals surface area contributed by atoms with E-state index in [9.17, 15) is 0 Å². The molecule has 0 heterocycles. The van der Waals surface area contributed by atoms with Crippen LogP contribution in [0.15, 0.2) is 24.3 Å². The van der Waals surface area contributed by atoms with E-state index < -0.39 is 0 Å². The Labute approximate surface area is 131 Å². The molecule has 1 rings (SSSR count). The molecule has 1 aromatic rings. The quantitative estimate of drug-likeness (QED) is 0.692. The maximum absolute atomic E-state index is 3.54. The molecule has 0 saturated heterocycles. The molecule has 0 aliphatic heterocycles. The van der Waals surface area contributed by atoms with E-state index in [2.05, 4.69) is 69.2 Å². The topological polar surface area (TPSA) is 15.3 Å². The van der Waals surface area contributed by atoms with Crippen molar-refractivity contribution in [1.82, 2.24) is 10.2 Å². The van der Waals surface area contributed by atoms with Crippen LogP contribution in [0.25, 0.3) is 0 Å². The maximum atomic E-state index is 3.54. The normalized spacial score (nSPS) is 13.1. The Hall–Kier alpha value is -0.860. The van der Waals surface area contributed by atoms with Crippen LogP contribution >= 0.6 is 0 Å². The number of unbranched alkanes of at least 4 members (excludes halogenated alkanes) is 1. The van der Waals surface area contributed by atoms with Gasteiger partial charge in [-0.3, -0.25) is 0 Å². The second-order valence-electron chi connectivity index (χ2n) is 6.79. The van der Waals surface area contributed by atoms with Crippen molar-refractivity contribution in [3.63, 3.8) is 0 Å². The van der Waals surface area contributed by atoms with Gasteiger partial charge in [0, 0.05) is 13.1 Å². The van der Waals surface area contributed by atoms with Gasteiger partial charge in [-0.2, -0.15) is 0 Å². The van der Waals surface area contributed by atoms with E-state index in [4.69, 9.17) is 0 Å². The summed E-state index contributed by atoms with van der Waals surface area (Å²) in [4.78, 5) is 2.41. The predicted molar refractivity (Wildman–Crippen MR) is 93.8 cm³/mol. The number of nitrogens with one attached hydrogen (secondary N) is 1. The fourth-order valence-corrected chi connectivity index (χ4v) is 2.48. The average Bonchev–Trinajstić information content (AvgIpc) is 2.45. The Bertz CT molecular complexity index is 370. The third kappa shape index (κ3) is 7.63. The molecule has 2 nitrogen and oxygen atoms in total. The first-order valence-electron chi connectivity index (χ1n) is 8.51. The Morgan fingerprint density at radius 2 is 1.71 bits per heavy atom. The van der Waals surface area contributed by atoms with Crippen molar-refractivity contribution in [2.24, 2.45) is 5.92 Å². The number of nitrogens with zero attached hydrogens (tertiary/aromatic N) is 1. The lowest BCUT2D eigenvalue weighted by Crippen LogP contribution is -2.24. The van der Waals surface area contributed by atoms with Crippen LogP contribution in [0.4, 0.5) is 0 Å². The molecule has 2 heteroatoms. The van der Waals surface area contributed by atoms with Crippen LogP contribution in [0.2, 0.25) is 0 Å². The van der Waals surface area contributed by atoms with E-state index in [1.165, 1.54) is 30.5 Å². The van der Waals surface area contributed by atoms with Gasteiger partial charge in [0.1, 0.15) is 0 Å². The summed E-state index contributed by atoms with van der Waals surface area (Å²) in [5, 5.41) is 3.54. The third-order valence-electron chi connectivity index (χ3n) is 3.90. The minimum atomic E-state index is 0.579. The Kier molecular flexibility index (Phi) is 8.63. The summed E-state index contributed by atoms with van der Waals surface area (Å²) in [6.07, 6.45) is 2.55. The lowest BCUT2D eigenvalue weighted by Gasteiger charge is -2.18. The lowest BCUT2D eigenvalue weighted by molar-refractivity contribution is 0.321. The van der Waals surface area contributed by atoms with Crippen molar-refractivity contribution in [3.8, 4) is 0 Å². The molecule has 1 N–H and O–H groups in total. The van der Waals surface area contributed by atoms with Crippen LogP contribution in [-0.4, -0.2) is 31.6 Å². The standard InChI is InChI=1S/C19H34N2/c1-6-7-12-21(5)15-18-8-10-19(11-9-18)17(4)14-20-13-16(2)3/h8-11,16-17,20H,6-7,12-15H2,1-5H3. The van der Waals surface area contributed by atoms with Crippen molar-refractivity contribution < 1.29 is 0 Å². The van der Waals surface area contributed by atoms with Gasteiger partial charge < -0.3 is 10.2 Å². The largest absolute Gasteiger partial charge is 0.316 e. The molecule has 0 aromatic heterocycles. The smallest absolute Gasteiger partial charge is 0.0230 e. The molecule has 0 saturated carbocycles. The molecule has 0 radical (unpaired) electrons. The van der Waals surface area contributed by atoms with Crippen molar-refractivity contribution in [2.45, 2.75) is 53.0 Å². The van der Waals surface area contributed by atoms with Gasteiger partial charge in [-0.1, -0.05) is 58.4 Å². The average molecular weight is 290 g/mol. The van der Waals surface area contributed by atoms with Gasteiger partial charge in [-0.15, -0.1) is 0 Å². The van der Waals surface area contributed by atoms with E-state index in [1.54, 1.807) is 0 Å². The number of hydrogen-bond acceptors (Lipinski definition) is 2. The van der Waals surface area contributed by atoms with Crippen molar-refractivity contribution in [2.75, 3.05) is 26.7 Å². The van der Waals surface area contributed by atoms with Crippen LogP contribution in [0, 0.1) is 5.92 Å². The summed E-state index contributed by atoms with van der Waals surface area (Å²) in [6.45, 7) is 13.5. The van der Waals surface area contributed by atoms with Crippen LogP contribution in [-0.2, 0) is 6.54 Å². The first-order chi connectivity index (χ1) is 10.0. The Morgan fingerprint density at radius 3 is 2.29 bits per heavy atom. The molecule has 0 amide bonds. The van der Waals surface area contributed by atoms with E-state index in [0.29, 0.717) is 5.92 Å². The van der Waals surface area contributed by atoms with Gasteiger partial charge in [-0.05, 0) is 49.5 Å². The molecule has 0 spiro atoms. The van der Waals surface area contributed by atoms with Crippen LogP contribution in [0.1, 0.15) is 57.6 Å². The van der Waals surface area contributed by atoms with Crippen LogP contribution < -0.4 is 5.32 Å². The monoisotopic (exact) mass is 290 g/mol. The van der Waals surface area contributed by atoms with Gasteiger partial charge >= 0.3 is 0 Å². The van der Waals surface area contributed by atoms with Gasteiger partial charge in [0.05, 0.1) is 0 Å².